The lowest BCUT2D eigenvalue weighted by atomic mass is 10.0. The number of aliphatic carboxylic acids is 1. The number of hydrogen-bond donors (Lipinski definition) is 2. The number of nitrogen functional groups attached to an aromatic ring is 1. The molecule has 23 heavy (non-hydrogen) atoms. The van der Waals surface area contributed by atoms with E-state index in [1.54, 1.807) is 18.2 Å². The van der Waals surface area contributed by atoms with Crippen LogP contribution in [-0.4, -0.2) is 17.0 Å². The normalized spacial score (nSPS) is 10.3. The molecule has 0 amide bonds. The molecule has 0 heterocycles. The third-order valence-electron chi connectivity index (χ3n) is 3.43. The summed E-state index contributed by atoms with van der Waals surface area (Å²) in [7, 11) is 0. The molecule has 0 aliphatic carbocycles. The molecule has 0 unspecified atom stereocenters. The molecule has 120 valence electrons. The van der Waals surface area contributed by atoms with Crippen LogP contribution in [0, 0.1) is 0 Å². The molecule has 0 bridgehead atoms. The summed E-state index contributed by atoms with van der Waals surface area (Å²) < 4.78 is 5.25. The fourth-order valence-corrected chi connectivity index (χ4v) is 2.19. The number of anilines is 1. The van der Waals surface area contributed by atoms with Gasteiger partial charge in [-0.3, -0.25) is 4.79 Å². The first kappa shape index (κ1) is 16.5. The van der Waals surface area contributed by atoms with Crippen LogP contribution in [0.15, 0.2) is 48.5 Å². The Morgan fingerprint density at radius 2 is 1.83 bits per heavy atom. The molecule has 5 heteroatoms. The van der Waals surface area contributed by atoms with E-state index in [0.717, 1.165) is 11.1 Å². The van der Waals surface area contributed by atoms with Crippen LogP contribution in [0.25, 0.3) is 0 Å². The largest absolute Gasteiger partial charge is 0.481 e. The lowest BCUT2D eigenvalue weighted by Crippen LogP contribution is -2.07. The number of ether oxygens (including phenoxy) is 1. The number of carboxylic acids is 1. The summed E-state index contributed by atoms with van der Waals surface area (Å²) in [4.78, 5) is 22.5. The second-order valence-electron chi connectivity index (χ2n) is 5.22. The van der Waals surface area contributed by atoms with Crippen molar-refractivity contribution in [1.82, 2.24) is 0 Å². The van der Waals surface area contributed by atoms with E-state index >= 15 is 0 Å². The summed E-state index contributed by atoms with van der Waals surface area (Å²) in [5.41, 5.74) is 8.55. The van der Waals surface area contributed by atoms with Crippen LogP contribution in [0.5, 0.6) is 0 Å². The Kier molecular flexibility index (Phi) is 5.74. The van der Waals surface area contributed by atoms with Gasteiger partial charge in [0, 0.05) is 12.1 Å². The number of hydrogen-bond acceptors (Lipinski definition) is 4. The molecular formula is C18H19NO4. The van der Waals surface area contributed by atoms with Crippen molar-refractivity contribution in [3.63, 3.8) is 0 Å². The zero-order valence-corrected chi connectivity index (χ0v) is 12.7. The van der Waals surface area contributed by atoms with Crippen molar-refractivity contribution in [2.75, 3.05) is 5.73 Å². The molecule has 0 aromatic heterocycles. The first-order chi connectivity index (χ1) is 11.1. The number of carbonyl (C=O) groups excluding carboxylic acids is 1. The molecule has 0 saturated carbocycles. The summed E-state index contributed by atoms with van der Waals surface area (Å²) in [5, 5.41) is 8.64. The molecule has 0 saturated heterocycles. The predicted octanol–water partition coefficient (Wildman–Crippen LogP) is 3.03. The standard InChI is InChI=1S/C18H19NO4/c19-16-11-15(10-9-14(16)7-4-8-17(20)21)18(22)23-12-13-5-2-1-3-6-13/h1-3,5-6,9-11H,4,7-8,12,19H2,(H,20,21). The highest BCUT2D eigenvalue weighted by molar-refractivity contribution is 5.90. The van der Waals surface area contributed by atoms with E-state index in [0.29, 0.717) is 24.1 Å². The van der Waals surface area contributed by atoms with Crippen LogP contribution in [-0.2, 0) is 22.6 Å². The summed E-state index contributed by atoms with van der Waals surface area (Å²) in [6.07, 6.45) is 1.18. The van der Waals surface area contributed by atoms with Crippen molar-refractivity contribution in [3.8, 4) is 0 Å². The van der Waals surface area contributed by atoms with Crippen LogP contribution in [0.3, 0.4) is 0 Å². The summed E-state index contributed by atoms with van der Waals surface area (Å²) in [5.74, 6) is -1.26. The highest BCUT2D eigenvalue weighted by Crippen LogP contribution is 2.18. The molecule has 3 N–H and O–H groups in total. The number of benzene rings is 2. The van der Waals surface area contributed by atoms with Gasteiger partial charge >= 0.3 is 11.9 Å². The van der Waals surface area contributed by atoms with Crippen molar-refractivity contribution < 1.29 is 19.4 Å². The minimum atomic E-state index is -0.829. The molecule has 2 aromatic rings. The van der Waals surface area contributed by atoms with Crippen molar-refractivity contribution in [1.29, 1.82) is 0 Å². The highest BCUT2D eigenvalue weighted by Gasteiger charge is 2.10. The van der Waals surface area contributed by atoms with Crippen LogP contribution in [0.1, 0.15) is 34.3 Å². The zero-order valence-electron chi connectivity index (χ0n) is 12.7. The van der Waals surface area contributed by atoms with Crippen molar-refractivity contribution in [3.05, 3.63) is 65.2 Å². The quantitative estimate of drug-likeness (QED) is 0.606. The van der Waals surface area contributed by atoms with E-state index in [4.69, 9.17) is 15.6 Å². The van der Waals surface area contributed by atoms with Crippen molar-refractivity contribution in [2.45, 2.75) is 25.9 Å². The number of nitrogens with two attached hydrogens (primary N) is 1. The maximum absolute atomic E-state index is 12.0. The Morgan fingerprint density at radius 1 is 1.09 bits per heavy atom. The second kappa shape index (κ2) is 7.98. The van der Waals surface area contributed by atoms with E-state index < -0.39 is 11.9 Å². The summed E-state index contributed by atoms with van der Waals surface area (Å²) >= 11 is 0. The Hall–Kier alpha value is -2.82. The van der Waals surface area contributed by atoms with E-state index in [2.05, 4.69) is 0 Å². The first-order valence-electron chi connectivity index (χ1n) is 7.37. The number of esters is 1. The fraction of sp³-hybridized carbons (Fsp3) is 0.222. The first-order valence-corrected chi connectivity index (χ1v) is 7.37. The average Bonchev–Trinajstić information content (AvgIpc) is 2.54. The van der Waals surface area contributed by atoms with Gasteiger partial charge in [0.2, 0.25) is 0 Å². The average molecular weight is 313 g/mol. The van der Waals surface area contributed by atoms with Gasteiger partial charge in [-0.25, -0.2) is 4.79 Å². The van der Waals surface area contributed by atoms with Gasteiger partial charge < -0.3 is 15.6 Å². The molecule has 0 spiro atoms. The minimum Gasteiger partial charge on any atom is -0.481 e. The molecule has 0 aliphatic rings. The van der Waals surface area contributed by atoms with Crippen LogP contribution in [0.4, 0.5) is 5.69 Å². The molecule has 0 aliphatic heterocycles. The van der Waals surface area contributed by atoms with Gasteiger partial charge in [-0.2, -0.15) is 0 Å². The smallest absolute Gasteiger partial charge is 0.338 e. The van der Waals surface area contributed by atoms with Crippen LogP contribution in [0.2, 0.25) is 0 Å². The molecular weight excluding hydrogens is 294 g/mol. The Bertz CT molecular complexity index is 683. The minimum absolute atomic E-state index is 0.0975. The zero-order chi connectivity index (χ0) is 16.7. The lowest BCUT2D eigenvalue weighted by Gasteiger charge is -2.08. The molecule has 2 aromatic carbocycles. The maximum Gasteiger partial charge on any atom is 0.338 e. The van der Waals surface area contributed by atoms with Crippen LogP contribution >= 0.6 is 0 Å². The second-order valence-corrected chi connectivity index (χ2v) is 5.22. The predicted molar refractivity (Wildman–Crippen MR) is 87.0 cm³/mol. The molecule has 2 rings (SSSR count). The van der Waals surface area contributed by atoms with Gasteiger partial charge in [0.05, 0.1) is 5.56 Å². The number of carbonyl (C=O) groups is 2. The van der Waals surface area contributed by atoms with Crippen molar-refractivity contribution >= 4 is 17.6 Å². The number of aryl methyl sites for hydroxylation is 1. The number of rotatable bonds is 7. The van der Waals surface area contributed by atoms with Gasteiger partial charge in [0.1, 0.15) is 6.61 Å². The van der Waals surface area contributed by atoms with Crippen LogP contribution < -0.4 is 5.73 Å². The summed E-state index contributed by atoms with van der Waals surface area (Å²) in [6, 6.07) is 14.4. The third-order valence-corrected chi connectivity index (χ3v) is 3.43. The van der Waals surface area contributed by atoms with Gasteiger partial charge in [-0.1, -0.05) is 36.4 Å². The van der Waals surface area contributed by atoms with E-state index in [9.17, 15) is 9.59 Å². The number of carboxylic acid groups (broad SMARTS) is 1. The monoisotopic (exact) mass is 313 g/mol. The Labute approximate surface area is 134 Å². The summed E-state index contributed by atoms with van der Waals surface area (Å²) in [6.45, 7) is 0.208. The molecule has 0 radical (unpaired) electrons. The molecule has 0 atom stereocenters. The van der Waals surface area contributed by atoms with Gasteiger partial charge in [-0.05, 0) is 36.1 Å². The van der Waals surface area contributed by atoms with Crippen molar-refractivity contribution in [2.24, 2.45) is 0 Å². The van der Waals surface area contributed by atoms with E-state index in [-0.39, 0.29) is 13.0 Å². The maximum atomic E-state index is 12.0. The lowest BCUT2D eigenvalue weighted by molar-refractivity contribution is -0.137. The molecule has 5 nitrogen and oxygen atoms in total. The van der Waals surface area contributed by atoms with E-state index in [1.807, 2.05) is 30.3 Å². The van der Waals surface area contributed by atoms with Gasteiger partial charge in [-0.15, -0.1) is 0 Å². The fourth-order valence-electron chi connectivity index (χ4n) is 2.19. The molecule has 0 fully saturated rings. The highest BCUT2D eigenvalue weighted by atomic mass is 16.5. The van der Waals surface area contributed by atoms with Gasteiger partial charge in [0.25, 0.3) is 0 Å². The SMILES string of the molecule is Nc1cc(C(=O)OCc2ccccc2)ccc1CCCC(=O)O. The van der Waals surface area contributed by atoms with E-state index in [1.165, 1.54) is 0 Å². The topological polar surface area (TPSA) is 89.6 Å². The van der Waals surface area contributed by atoms with Gasteiger partial charge in [0.15, 0.2) is 0 Å². The Balaban J connectivity index is 1.93. The third kappa shape index (κ3) is 5.14. The Morgan fingerprint density at radius 3 is 2.48 bits per heavy atom.